The van der Waals surface area contributed by atoms with Crippen molar-refractivity contribution in [2.75, 3.05) is 26.4 Å². The summed E-state index contributed by atoms with van der Waals surface area (Å²) in [4.78, 5) is 39.5. The van der Waals surface area contributed by atoms with E-state index in [1.165, 1.54) is 16.2 Å². The predicted octanol–water partition coefficient (Wildman–Crippen LogP) is 4.17. The van der Waals surface area contributed by atoms with Gasteiger partial charge in [0, 0.05) is 16.9 Å². The number of nitrogens with zero attached hydrogens (tertiary/aromatic N) is 1. The van der Waals surface area contributed by atoms with Crippen LogP contribution in [0.15, 0.2) is 41.8 Å². The Hall–Kier alpha value is -2.87. The normalized spacial score (nSPS) is 11.5. The molecule has 174 valence electrons. The molecule has 0 saturated carbocycles. The minimum atomic E-state index is -0.523. The maximum atomic E-state index is 13.4. The lowest BCUT2D eigenvalue weighted by atomic mass is 9.98. The van der Waals surface area contributed by atoms with Gasteiger partial charge >= 0.3 is 11.9 Å². The summed E-state index contributed by atoms with van der Waals surface area (Å²) in [6, 6.07) is 11.2. The lowest BCUT2D eigenvalue weighted by molar-refractivity contribution is -0.149. The first kappa shape index (κ1) is 25.4. The van der Waals surface area contributed by atoms with E-state index in [-0.39, 0.29) is 31.4 Å². The molecule has 0 N–H and O–H groups in total. The maximum absolute atomic E-state index is 13.4. The van der Waals surface area contributed by atoms with Gasteiger partial charge in [-0.3, -0.25) is 14.4 Å². The molecule has 0 radical (unpaired) electrons. The summed E-state index contributed by atoms with van der Waals surface area (Å²) in [5.74, 6) is -0.812. The molecule has 0 spiro atoms. The van der Waals surface area contributed by atoms with Gasteiger partial charge in [-0.15, -0.1) is 11.3 Å². The van der Waals surface area contributed by atoms with Crippen LogP contribution in [-0.4, -0.2) is 49.1 Å². The van der Waals surface area contributed by atoms with Gasteiger partial charge in [0.25, 0.3) is 0 Å². The van der Waals surface area contributed by atoms with E-state index in [2.05, 4.69) is 0 Å². The molecule has 1 amide bonds. The van der Waals surface area contributed by atoms with E-state index >= 15 is 0 Å². The second-order valence-corrected chi connectivity index (χ2v) is 8.13. The van der Waals surface area contributed by atoms with Crippen molar-refractivity contribution in [1.82, 2.24) is 4.90 Å². The van der Waals surface area contributed by atoms with Crippen LogP contribution in [0.3, 0.4) is 0 Å². The molecule has 0 bridgehead atoms. The third-order valence-corrected chi connectivity index (χ3v) is 5.57. The molecule has 0 aliphatic heterocycles. The number of ether oxygens (including phenoxy) is 3. The van der Waals surface area contributed by atoms with Crippen LogP contribution in [0.2, 0.25) is 0 Å². The van der Waals surface area contributed by atoms with Crippen molar-refractivity contribution in [3.05, 3.63) is 52.2 Å². The number of carbonyl (C=O) groups excluding carboxylic acids is 3. The van der Waals surface area contributed by atoms with Crippen LogP contribution in [0.5, 0.6) is 5.75 Å². The summed E-state index contributed by atoms with van der Waals surface area (Å²) >= 11 is 1.53. The summed E-state index contributed by atoms with van der Waals surface area (Å²) in [7, 11) is 0. The summed E-state index contributed by atoms with van der Waals surface area (Å²) in [5.41, 5.74) is 0.730. The van der Waals surface area contributed by atoms with Crippen molar-refractivity contribution >= 4 is 29.2 Å². The SMILES string of the molecule is CCOC(=O)CCCOc1ccccc1C(C)C(=O)N(CC(=O)OCC)Cc1cccs1. The van der Waals surface area contributed by atoms with E-state index in [1.54, 1.807) is 26.8 Å². The molecule has 32 heavy (non-hydrogen) atoms. The molecular weight excluding hydrogens is 430 g/mol. The van der Waals surface area contributed by atoms with Crippen LogP contribution >= 0.6 is 11.3 Å². The molecule has 2 aromatic rings. The fourth-order valence-corrected chi connectivity index (χ4v) is 3.89. The van der Waals surface area contributed by atoms with Crippen LogP contribution in [0.1, 0.15) is 50.0 Å². The van der Waals surface area contributed by atoms with Gasteiger partial charge in [0.05, 0.1) is 32.3 Å². The highest BCUT2D eigenvalue weighted by Crippen LogP contribution is 2.29. The number of rotatable bonds is 13. The lowest BCUT2D eigenvalue weighted by Crippen LogP contribution is -2.38. The van der Waals surface area contributed by atoms with E-state index in [1.807, 2.05) is 35.7 Å². The van der Waals surface area contributed by atoms with Gasteiger partial charge in [-0.1, -0.05) is 24.3 Å². The average Bonchev–Trinajstić information content (AvgIpc) is 3.29. The summed E-state index contributed by atoms with van der Waals surface area (Å²) in [5, 5.41) is 1.94. The van der Waals surface area contributed by atoms with E-state index in [0.29, 0.717) is 31.9 Å². The first-order valence-corrected chi connectivity index (χ1v) is 11.7. The van der Waals surface area contributed by atoms with Gasteiger partial charge < -0.3 is 19.1 Å². The van der Waals surface area contributed by atoms with Crippen LogP contribution < -0.4 is 4.74 Å². The molecule has 8 heteroatoms. The van der Waals surface area contributed by atoms with E-state index in [9.17, 15) is 14.4 Å². The third kappa shape index (κ3) is 8.00. The summed E-state index contributed by atoms with van der Waals surface area (Å²) in [6.45, 7) is 6.48. The molecule has 0 aliphatic rings. The van der Waals surface area contributed by atoms with E-state index < -0.39 is 11.9 Å². The van der Waals surface area contributed by atoms with Crippen molar-refractivity contribution in [3.63, 3.8) is 0 Å². The molecule has 7 nitrogen and oxygen atoms in total. The zero-order chi connectivity index (χ0) is 23.3. The number of benzene rings is 1. The molecule has 0 aliphatic carbocycles. The van der Waals surface area contributed by atoms with Crippen molar-refractivity contribution in [2.45, 2.75) is 46.1 Å². The van der Waals surface area contributed by atoms with Gasteiger partial charge in [-0.25, -0.2) is 0 Å². The van der Waals surface area contributed by atoms with Crippen molar-refractivity contribution < 1.29 is 28.6 Å². The second-order valence-electron chi connectivity index (χ2n) is 7.10. The number of hydrogen-bond donors (Lipinski definition) is 0. The second kappa shape index (κ2) is 13.5. The zero-order valence-electron chi connectivity index (χ0n) is 18.9. The zero-order valence-corrected chi connectivity index (χ0v) is 19.7. The topological polar surface area (TPSA) is 82.1 Å². The van der Waals surface area contributed by atoms with Crippen LogP contribution in [0.25, 0.3) is 0 Å². The highest BCUT2D eigenvalue weighted by Gasteiger charge is 2.27. The Morgan fingerprint density at radius 2 is 1.72 bits per heavy atom. The molecule has 1 aromatic heterocycles. The molecule has 0 fully saturated rings. The quantitative estimate of drug-likeness (QED) is 0.329. The fourth-order valence-electron chi connectivity index (χ4n) is 3.17. The van der Waals surface area contributed by atoms with Gasteiger partial charge in [0.1, 0.15) is 12.3 Å². The predicted molar refractivity (Wildman–Crippen MR) is 123 cm³/mol. The van der Waals surface area contributed by atoms with Crippen molar-refractivity contribution in [3.8, 4) is 5.75 Å². The van der Waals surface area contributed by atoms with Gasteiger partial charge in [0.15, 0.2) is 0 Å². The summed E-state index contributed by atoms with van der Waals surface area (Å²) < 4.78 is 15.9. The molecule has 0 saturated heterocycles. The number of carbonyl (C=O) groups is 3. The number of thiophene rings is 1. The fraction of sp³-hybridized carbons (Fsp3) is 0.458. The van der Waals surface area contributed by atoms with Crippen LogP contribution in [0.4, 0.5) is 0 Å². The molecule has 1 heterocycles. The lowest BCUT2D eigenvalue weighted by Gasteiger charge is -2.25. The Bertz CT molecular complexity index is 867. The van der Waals surface area contributed by atoms with Crippen molar-refractivity contribution in [2.24, 2.45) is 0 Å². The molecule has 1 atom stereocenters. The molecule has 1 aromatic carbocycles. The van der Waals surface area contributed by atoms with Gasteiger partial charge in [0.2, 0.25) is 5.91 Å². The molecular formula is C24H31NO6S. The Morgan fingerprint density at radius 3 is 2.41 bits per heavy atom. The smallest absolute Gasteiger partial charge is 0.325 e. The van der Waals surface area contributed by atoms with Gasteiger partial charge in [-0.2, -0.15) is 0 Å². The maximum Gasteiger partial charge on any atom is 0.325 e. The Labute approximate surface area is 193 Å². The Morgan fingerprint density at radius 1 is 1.00 bits per heavy atom. The van der Waals surface area contributed by atoms with Crippen LogP contribution in [-0.2, 0) is 30.4 Å². The minimum Gasteiger partial charge on any atom is -0.493 e. The van der Waals surface area contributed by atoms with Gasteiger partial charge in [-0.05, 0) is 44.7 Å². The van der Waals surface area contributed by atoms with E-state index in [4.69, 9.17) is 14.2 Å². The summed E-state index contributed by atoms with van der Waals surface area (Å²) in [6.07, 6.45) is 0.793. The number of para-hydroxylation sites is 1. The molecule has 2 rings (SSSR count). The van der Waals surface area contributed by atoms with Crippen molar-refractivity contribution in [1.29, 1.82) is 0 Å². The highest BCUT2D eigenvalue weighted by atomic mass is 32.1. The average molecular weight is 462 g/mol. The third-order valence-electron chi connectivity index (χ3n) is 4.71. The standard InChI is InChI=1S/C24H31NO6S/c1-4-29-22(26)13-8-14-31-21-12-7-6-11-20(21)18(3)24(28)25(17-23(27)30-5-2)16-19-10-9-15-32-19/h6-7,9-12,15,18H,4-5,8,13-14,16-17H2,1-3H3. The molecule has 1 unspecified atom stereocenters. The Balaban J connectivity index is 2.09. The number of hydrogen-bond acceptors (Lipinski definition) is 7. The highest BCUT2D eigenvalue weighted by molar-refractivity contribution is 7.09. The Kier molecular flexibility index (Phi) is 10.7. The first-order valence-electron chi connectivity index (χ1n) is 10.8. The monoisotopic (exact) mass is 461 g/mol. The van der Waals surface area contributed by atoms with E-state index in [0.717, 1.165) is 10.4 Å². The largest absolute Gasteiger partial charge is 0.493 e. The number of esters is 2. The first-order chi connectivity index (χ1) is 15.5. The number of amides is 1. The minimum absolute atomic E-state index is 0.114. The van der Waals surface area contributed by atoms with Crippen LogP contribution in [0, 0.1) is 0 Å².